The molecule has 1 saturated heterocycles. The van der Waals surface area contributed by atoms with Gasteiger partial charge in [-0.25, -0.2) is 0 Å². The number of aliphatic hydroxyl groups excluding tert-OH is 1. The highest BCUT2D eigenvalue weighted by Crippen LogP contribution is 2.10. The molecule has 0 aromatic heterocycles. The first-order valence-corrected chi connectivity index (χ1v) is 3.01. The van der Waals surface area contributed by atoms with Crippen LogP contribution in [-0.2, 0) is 0 Å². The maximum Gasteiger partial charge on any atom is 0.118 e. The Balaban J connectivity index is 2.51. The normalized spacial score (nSPS) is 28.3. The SMILES string of the molecule is CC(O)C1(O)CNNC1. The standard InChI is InChI=1S/C5H12N2O2/c1-4(8)5(9)2-6-7-3-5/h4,6-9H,2-3H2,1H3. The third-order valence-corrected chi connectivity index (χ3v) is 1.69. The fourth-order valence-corrected chi connectivity index (χ4v) is 0.789. The fourth-order valence-electron chi connectivity index (χ4n) is 0.789. The van der Waals surface area contributed by atoms with Crippen molar-refractivity contribution >= 4 is 0 Å². The highest BCUT2D eigenvalue weighted by molar-refractivity contribution is 4.91. The van der Waals surface area contributed by atoms with Crippen molar-refractivity contribution in [3.05, 3.63) is 0 Å². The van der Waals surface area contributed by atoms with Crippen LogP contribution in [0.5, 0.6) is 0 Å². The summed E-state index contributed by atoms with van der Waals surface area (Å²) in [4.78, 5) is 0. The second-order valence-corrected chi connectivity index (χ2v) is 2.49. The van der Waals surface area contributed by atoms with Crippen molar-refractivity contribution < 1.29 is 10.2 Å². The molecule has 1 atom stereocenters. The lowest BCUT2D eigenvalue weighted by Gasteiger charge is -2.22. The van der Waals surface area contributed by atoms with E-state index < -0.39 is 11.7 Å². The Bertz CT molecular complexity index is 99.1. The van der Waals surface area contributed by atoms with Gasteiger partial charge in [-0.2, -0.15) is 0 Å². The predicted octanol–water partition coefficient (Wildman–Crippen LogP) is -1.79. The van der Waals surface area contributed by atoms with Gasteiger partial charge in [0.15, 0.2) is 0 Å². The van der Waals surface area contributed by atoms with Crippen molar-refractivity contribution in [2.24, 2.45) is 0 Å². The Morgan fingerprint density at radius 1 is 1.44 bits per heavy atom. The molecule has 4 heteroatoms. The van der Waals surface area contributed by atoms with Crippen molar-refractivity contribution in [2.45, 2.75) is 18.6 Å². The van der Waals surface area contributed by atoms with Crippen LogP contribution in [0.2, 0.25) is 0 Å². The third kappa shape index (κ3) is 1.21. The smallest absolute Gasteiger partial charge is 0.118 e. The molecule has 1 aliphatic heterocycles. The first kappa shape index (κ1) is 6.95. The number of hydrazine groups is 1. The molecule has 4 N–H and O–H groups in total. The van der Waals surface area contributed by atoms with Gasteiger partial charge >= 0.3 is 0 Å². The minimum absolute atomic E-state index is 0.407. The van der Waals surface area contributed by atoms with Gasteiger partial charge in [-0.1, -0.05) is 0 Å². The topological polar surface area (TPSA) is 64.5 Å². The van der Waals surface area contributed by atoms with Gasteiger partial charge < -0.3 is 10.2 Å². The van der Waals surface area contributed by atoms with Gasteiger partial charge in [-0.15, -0.1) is 0 Å². The van der Waals surface area contributed by atoms with E-state index in [1.807, 2.05) is 0 Å². The van der Waals surface area contributed by atoms with E-state index >= 15 is 0 Å². The summed E-state index contributed by atoms with van der Waals surface area (Å²) in [7, 11) is 0. The van der Waals surface area contributed by atoms with Gasteiger partial charge in [0.05, 0.1) is 6.10 Å². The molecule has 0 aliphatic carbocycles. The molecule has 4 nitrogen and oxygen atoms in total. The molecule has 0 aromatic carbocycles. The van der Waals surface area contributed by atoms with Crippen molar-refractivity contribution in [3.63, 3.8) is 0 Å². The highest BCUT2D eigenvalue weighted by atomic mass is 16.3. The van der Waals surface area contributed by atoms with Crippen molar-refractivity contribution in [3.8, 4) is 0 Å². The summed E-state index contributed by atoms with van der Waals surface area (Å²) in [5, 5.41) is 18.4. The van der Waals surface area contributed by atoms with Crippen LogP contribution in [0.25, 0.3) is 0 Å². The van der Waals surface area contributed by atoms with E-state index in [0.29, 0.717) is 13.1 Å². The van der Waals surface area contributed by atoms with Crippen molar-refractivity contribution in [1.29, 1.82) is 0 Å². The summed E-state index contributed by atoms with van der Waals surface area (Å²) in [5.74, 6) is 0. The van der Waals surface area contributed by atoms with Crippen LogP contribution in [0.1, 0.15) is 6.92 Å². The van der Waals surface area contributed by atoms with Gasteiger partial charge in [0, 0.05) is 13.1 Å². The monoisotopic (exact) mass is 132 g/mol. The number of hydrogen-bond donors (Lipinski definition) is 4. The quantitative estimate of drug-likeness (QED) is 0.340. The molecular formula is C5H12N2O2. The predicted molar refractivity (Wildman–Crippen MR) is 32.6 cm³/mol. The summed E-state index contributed by atoms with van der Waals surface area (Å²) in [6, 6.07) is 0. The molecule has 0 aromatic rings. The van der Waals surface area contributed by atoms with E-state index in [2.05, 4.69) is 10.9 Å². The number of rotatable bonds is 1. The summed E-state index contributed by atoms with van der Waals surface area (Å²) in [6.45, 7) is 2.39. The Hall–Kier alpha value is -0.160. The van der Waals surface area contributed by atoms with Crippen LogP contribution in [0.3, 0.4) is 0 Å². The van der Waals surface area contributed by atoms with E-state index in [1.165, 1.54) is 0 Å². The molecular weight excluding hydrogens is 120 g/mol. The van der Waals surface area contributed by atoms with Crippen LogP contribution in [0.4, 0.5) is 0 Å². The Morgan fingerprint density at radius 2 is 1.89 bits per heavy atom. The van der Waals surface area contributed by atoms with Crippen molar-refractivity contribution in [1.82, 2.24) is 10.9 Å². The zero-order valence-corrected chi connectivity index (χ0v) is 5.39. The number of hydrogen-bond acceptors (Lipinski definition) is 4. The summed E-state index contributed by atoms with van der Waals surface area (Å²) in [6.07, 6.45) is -0.681. The van der Waals surface area contributed by atoms with E-state index in [4.69, 9.17) is 5.11 Å². The largest absolute Gasteiger partial charge is 0.390 e. The minimum atomic E-state index is -0.972. The van der Waals surface area contributed by atoms with Crippen LogP contribution >= 0.6 is 0 Å². The van der Waals surface area contributed by atoms with Gasteiger partial charge in [-0.05, 0) is 6.92 Å². The molecule has 0 spiro atoms. The van der Waals surface area contributed by atoms with Crippen LogP contribution < -0.4 is 10.9 Å². The summed E-state index contributed by atoms with van der Waals surface area (Å²) < 4.78 is 0. The molecule has 0 amide bonds. The van der Waals surface area contributed by atoms with E-state index in [1.54, 1.807) is 6.92 Å². The maximum absolute atomic E-state index is 9.39. The van der Waals surface area contributed by atoms with Gasteiger partial charge in [-0.3, -0.25) is 10.9 Å². The van der Waals surface area contributed by atoms with Crippen LogP contribution in [-0.4, -0.2) is 35.0 Å². The van der Waals surface area contributed by atoms with Crippen molar-refractivity contribution in [2.75, 3.05) is 13.1 Å². The lowest BCUT2D eigenvalue weighted by Crippen LogP contribution is -2.45. The van der Waals surface area contributed by atoms with Crippen LogP contribution in [0.15, 0.2) is 0 Å². The first-order chi connectivity index (χ1) is 4.15. The molecule has 9 heavy (non-hydrogen) atoms. The average molecular weight is 132 g/mol. The second kappa shape index (κ2) is 2.22. The van der Waals surface area contributed by atoms with E-state index in [-0.39, 0.29) is 0 Å². The first-order valence-electron chi connectivity index (χ1n) is 3.01. The molecule has 1 heterocycles. The molecule has 0 radical (unpaired) electrons. The third-order valence-electron chi connectivity index (χ3n) is 1.69. The van der Waals surface area contributed by atoms with Gasteiger partial charge in [0.25, 0.3) is 0 Å². The number of β-amino-alcohol motifs (C(OH)–C–C–N with tert-alkyl or cyclic N) is 1. The van der Waals surface area contributed by atoms with E-state index in [0.717, 1.165) is 0 Å². The average Bonchev–Trinajstić information content (AvgIpc) is 2.16. The molecule has 54 valence electrons. The Kier molecular flexibility index (Phi) is 1.72. The number of aliphatic hydroxyl groups is 2. The number of nitrogens with one attached hydrogen (secondary N) is 2. The fraction of sp³-hybridized carbons (Fsp3) is 1.00. The lowest BCUT2D eigenvalue weighted by atomic mass is 10.0. The van der Waals surface area contributed by atoms with E-state index in [9.17, 15) is 5.11 Å². The maximum atomic E-state index is 9.39. The molecule has 1 rings (SSSR count). The molecule has 1 aliphatic rings. The highest BCUT2D eigenvalue weighted by Gasteiger charge is 2.35. The zero-order valence-electron chi connectivity index (χ0n) is 5.39. The summed E-state index contributed by atoms with van der Waals surface area (Å²) in [5.41, 5.74) is 4.50. The summed E-state index contributed by atoms with van der Waals surface area (Å²) >= 11 is 0. The molecule has 0 saturated carbocycles. The molecule has 1 fully saturated rings. The Morgan fingerprint density at radius 3 is 2.11 bits per heavy atom. The minimum Gasteiger partial charge on any atom is -0.390 e. The second-order valence-electron chi connectivity index (χ2n) is 2.49. The molecule has 1 unspecified atom stereocenters. The molecule has 0 bridgehead atoms. The Labute approximate surface area is 53.9 Å². The van der Waals surface area contributed by atoms with Gasteiger partial charge in [0.1, 0.15) is 5.60 Å². The van der Waals surface area contributed by atoms with Gasteiger partial charge in [0.2, 0.25) is 0 Å². The lowest BCUT2D eigenvalue weighted by molar-refractivity contribution is -0.0420. The van der Waals surface area contributed by atoms with Crippen LogP contribution in [0, 0.1) is 0 Å². The zero-order chi connectivity index (χ0) is 6.91.